The summed E-state index contributed by atoms with van der Waals surface area (Å²) in [7, 11) is 4.11. The van der Waals surface area contributed by atoms with E-state index < -0.39 is 5.97 Å². The molecule has 0 atom stereocenters. The van der Waals surface area contributed by atoms with Crippen molar-refractivity contribution in [1.29, 1.82) is 0 Å². The molecule has 0 unspecified atom stereocenters. The molecule has 3 N–H and O–H groups in total. The van der Waals surface area contributed by atoms with Gasteiger partial charge in [0.1, 0.15) is 0 Å². The van der Waals surface area contributed by atoms with Gasteiger partial charge in [-0.05, 0) is 46.2 Å². The number of likely N-dealkylation sites (N-methyl/N-ethyl adjacent to an activating group) is 1. The zero-order valence-corrected chi connectivity index (χ0v) is 12.6. The van der Waals surface area contributed by atoms with E-state index in [1.54, 1.807) is 0 Å². The summed E-state index contributed by atoms with van der Waals surface area (Å²) in [4.78, 5) is 24.2. The third-order valence-electron chi connectivity index (χ3n) is 4.16. The largest absolute Gasteiger partial charge is 0.481 e. The first kappa shape index (κ1) is 16.8. The summed E-state index contributed by atoms with van der Waals surface area (Å²) in [6.07, 6.45) is 6.02. The van der Waals surface area contributed by atoms with E-state index in [9.17, 15) is 9.59 Å². The van der Waals surface area contributed by atoms with E-state index in [0.717, 1.165) is 25.7 Å². The predicted molar refractivity (Wildman–Crippen MR) is 77.8 cm³/mol. The lowest BCUT2D eigenvalue weighted by molar-refractivity contribution is -0.137. The van der Waals surface area contributed by atoms with Crippen molar-refractivity contribution in [1.82, 2.24) is 15.5 Å². The lowest BCUT2D eigenvalue weighted by Crippen LogP contribution is -2.58. The topological polar surface area (TPSA) is 81.7 Å². The van der Waals surface area contributed by atoms with Gasteiger partial charge in [0.15, 0.2) is 0 Å². The molecule has 0 heterocycles. The number of carboxylic acids is 1. The molecule has 20 heavy (non-hydrogen) atoms. The number of carboxylic acid groups (broad SMARTS) is 1. The van der Waals surface area contributed by atoms with Crippen molar-refractivity contribution < 1.29 is 14.7 Å². The summed E-state index contributed by atoms with van der Waals surface area (Å²) in [6.45, 7) is 1.28. The maximum atomic E-state index is 11.7. The van der Waals surface area contributed by atoms with Crippen molar-refractivity contribution in [3.05, 3.63) is 0 Å². The molecule has 0 aromatic carbocycles. The molecule has 0 aliphatic heterocycles. The zero-order valence-electron chi connectivity index (χ0n) is 12.6. The van der Waals surface area contributed by atoms with Crippen LogP contribution in [0.2, 0.25) is 0 Å². The molecule has 0 saturated heterocycles. The summed E-state index contributed by atoms with van der Waals surface area (Å²) >= 11 is 0. The minimum Gasteiger partial charge on any atom is -0.481 e. The summed E-state index contributed by atoms with van der Waals surface area (Å²) in [5.41, 5.74) is 0.138. The number of carbonyl (C=O) groups is 2. The van der Waals surface area contributed by atoms with Crippen molar-refractivity contribution in [2.45, 2.75) is 50.5 Å². The maximum absolute atomic E-state index is 11.7. The molecule has 0 bridgehead atoms. The van der Waals surface area contributed by atoms with Crippen LogP contribution in [0.15, 0.2) is 0 Å². The molecule has 2 amide bonds. The van der Waals surface area contributed by atoms with E-state index in [0.29, 0.717) is 19.5 Å². The molecule has 1 aliphatic carbocycles. The molecule has 6 heteroatoms. The second-order valence-corrected chi connectivity index (χ2v) is 5.79. The van der Waals surface area contributed by atoms with Crippen LogP contribution < -0.4 is 10.6 Å². The highest BCUT2D eigenvalue weighted by Gasteiger charge is 2.39. The number of unbranched alkanes of at least 4 members (excludes halogenated alkanes) is 2. The first-order valence-corrected chi connectivity index (χ1v) is 7.37. The summed E-state index contributed by atoms with van der Waals surface area (Å²) in [5, 5.41) is 14.2. The highest BCUT2D eigenvalue weighted by Crippen LogP contribution is 2.35. The normalized spacial score (nSPS) is 16.6. The predicted octanol–water partition coefficient (Wildman–Crippen LogP) is 1.41. The third kappa shape index (κ3) is 5.36. The van der Waals surface area contributed by atoms with Crippen LogP contribution in [0, 0.1) is 0 Å². The van der Waals surface area contributed by atoms with Crippen LogP contribution >= 0.6 is 0 Å². The number of amides is 2. The zero-order chi connectivity index (χ0) is 15.0. The molecule has 0 radical (unpaired) electrons. The fourth-order valence-corrected chi connectivity index (χ4v) is 2.45. The van der Waals surface area contributed by atoms with Crippen molar-refractivity contribution in [2.24, 2.45) is 0 Å². The van der Waals surface area contributed by atoms with Gasteiger partial charge in [0.05, 0.1) is 0 Å². The van der Waals surface area contributed by atoms with E-state index in [2.05, 4.69) is 29.6 Å². The molecule has 1 rings (SSSR count). The number of hydrogen-bond donors (Lipinski definition) is 3. The van der Waals surface area contributed by atoms with Gasteiger partial charge < -0.3 is 20.6 Å². The van der Waals surface area contributed by atoms with Gasteiger partial charge in [-0.2, -0.15) is 0 Å². The molecular weight excluding hydrogens is 258 g/mol. The van der Waals surface area contributed by atoms with Crippen LogP contribution in [0.1, 0.15) is 44.9 Å². The molecule has 0 spiro atoms. The Morgan fingerprint density at radius 3 is 2.35 bits per heavy atom. The lowest BCUT2D eigenvalue weighted by Gasteiger charge is -2.47. The van der Waals surface area contributed by atoms with Gasteiger partial charge in [-0.15, -0.1) is 0 Å². The van der Waals surface area contributed by atoms with Crippen molar-refractivity contribution in [2.75, 3.05) is 27.2 Å². The third-order valence-corrected chi connectivity index (χ3v) is 4.16. The standard InChI is InChI=1S/C14H27N3O3/c1-17(2)14(8-6-9-14)11-16-13(20)15-10-5-3-4-7-12(18)19/h3-11H2,1-2H3,(H,18,19)(H2,15,16,20). The van der Waals surface area contributed by atoms with Gasteiger partial charge in [0, 0.05) is 25.0 Å². The first-order chi connectivity index (χ1) is 9.46. The average Bonchev–Trinajstić information content (AvgIpc) is 2.31. The summed E-state index contributed by atoms with van der Waals surface area (Å²) in [5.74, 6) is -0.759. The quantitative estimate of drug-likeness (QED) is 0.560. The van der Waals surface area contributed by atoms with E-state index in [1.807, 2.05) is 0 Å². The highest BCUT2D eigenvalue weighted by atomic mass is 16.4. The second-order valence-electron chi connectivity index (χ2n) is 5.79. The Balaban J connectivity index is 2.04. The number of carbonyl (C=O) groups excluding carboxylic acids is 1. The Kier molecular flexibility index (Phi) is 6.78. The van der Waals surface area contributed by atoms with Gasteiger partial charge in [0.2, 0.25) is 0 Å². The number of rotatable bonds is 9. The van der Waals surface area contributed by atoms with Gasteiger partial charge in [0.25, 0.3) is 0 Å². The smallest absolute Gasteiger partial charge is 0.314 e. The fourth-order valence-electron chi connectivity index (χ4n) is 2.45. The van der Waals surface area contributed by atoms with Crippen molar-refractivity contribution in [3.8, 4) is 0 Å². The van der Waals surface area contributed by atoms with Crippen LogP contribution in [0.5, 0.6) is 0 Å². The number of aliphatic carboxylic acids is 1. The van der Waals surface area contributed by atoms with Crippen molar-refractivity contribution in [3.63, 3.8) is 0 Å². The highest BCUT2D eigenvalue weighted by molar-refractivity contribution is 5.73. The summed E-state index contributed by atoms with van der Waals surface area (Å²) in [6, 6.07) is -0.128. The van der Waals surface area contributed by atoms with Gasteiger partial charge in [-0.3, -0.25) is 4.79 Å². The van der Waals surface area contributed by atoms with Crippen LogP contribution in [0.4, 0.5) is 4.79 Å². The lowest BCUT2D eigenvalue weighted by atomic mass is 9.75. The number of nitrogens with zero attached hydrogens (tertiary/aromatic N) is 1. The molecule has 0 aromatic rings. The van der Waals surface area contributed by atoms with Gasteiger partial charge in [-0.25, -0.2) is 4.79 Å². The number of urea groups is 1. The minimum atomic E-state index is -0.759. The van der Waals surface area contributed by atoms with E-state index in [1.165, 1.54) is 6.42 Å². The van der Waals surface area contributed by atoms with E-state index >= 15 is 0 Å². The molecule has 1 fully saturated rings. The molecule has 6 nitrogen and oxygen atoms in total. The Labute approximate surface area is 120 Å². The van der Waals surface area contributed by atoms with Gasteiger partial charge >= 0.3 is 12.0 Å². The average molecular weight is 285 g/mol. The molecule has 1 aliphatic rings. The SMILES string of the molecule is CN(C)C1(CNC(=O)NCCCCCC(=O)O)CCC1. The second kappa shape index (κ2) is 8.09. The Hall–Kier alpha value is -1.30. The Morgan fingerprint density at radius 1 is 1.15 bits per heavy atom. The fraction of sp³-hybridized carbons (Fsp3) is 0.857. The van der Waals surface area contributed by atoms with Crippen LogP contribution in [0.25, 0.3) is 0 Å². The van der Waals surface area contributed by atoms with Gasteiger partial charge in [-0.1, -0.05) is 6.42 Å². The number of nitrogens with one attached hydrogen (secondary N) is 2. The molecule has 116 valence electrons. The first-order valence-electron chi connectivity index (χ1n) is 7.37. The monoisotopic (exact) mass is 285 g/mol. The van der Waals surface area contributed by atoms with Crippen LogP contribution in [-0.4, -0.2) is 54.7 Å². The van der Waals surface area contributed by atoms with Crippen LogP contribution in [0.3, 0.4) is 0 Å². The van der Waals surface area contributed by atoms with Crippen molar-refractivity contribution >= 4 is 12.0 Å². The Morgan fingerprint density at radius 2 is 1.85 bits per heavy atom. The molecular formula is C14H27N3O3. The van der Waals surface area contributed by atoms with E-state index in [-0.39, 0.29) is 18.0 Å². The molecule has 0 aromatic heterocycles. The Bertz CT molecular complexity index is 328. The van der Waals surface area contributed by atoms with E-state index in [4.69, 9.17) is 5.11 Å². The summed E-state index contributed by atoms with van der Waals surface area (Å²) < 4.78 is 0. The minimum absolute atomic E-state index is 0.128. The molecule has 1 saturated carbocycles. The van der Waals surface area contributed by atoms with Crippen LogP contribution in [-0.2, 0) is 4.79 Å². The number of hydrogen-bond acceptors (Lipinski definition) is 3. The maximum Gasteiger partial charge on any atom is 0.314 e.